The van der Waals surface area contributed by atoms with Crippen molar-refractivity contribution in [2.45, 2.75) is 25.8 Å². The van der Waals surface area contributed by atoms with Crippen molar-refractivity contribution in [2.24, 2.45) is 0 Å². The molecule has 0 saturated carbocycles. The van der Waals surface area contributed by atoms with Crippen molar-refractivity contribution in [1.82, 2.24) is 9.24 Å². The summed E-state index contributed by atoms with van der Waals surface area (Å²) in [7, 11) is 0. The molecular weight excluding hydrogens is 236 g/mol. The van der Waals surface area contributed by atoms with E-state index in [1.807, 2.05) is 0 Å². The molecular formula is C8H15BrN2O2. The highest BCUT2D eigenvalue weighted by Gasteiger charge is 2.19. The first-order valence-corrected chi connectivity index (χ1v) is 5.27. The molecule has 5 heteroatoms. The molecule has 0 bridgehead atoms. The summed E-state index contributed by atoms with van der Waals surface area (Å²) in [5.74, 6) is 0. The molecule has 1 fully saturated rings. The summed E-state index contributed by atoms with van der Waals surface area (Å²) in [6.45, 7) is 4.18. The minimum atomic E-state index is -0.296. The molecule has 1 heterocycles. The molecule has 76 valence electrons. The highest BCUT2D eigenvalue weighted by Crippen LogP contribution is 2.13. The number of rotatable bonds is 2. The van der Waals surface area contributed by atoms with Gasteiger partial charge in [-0.05, 0) is 19.8 Å². The molecule has 0 unspecified atom stereocenters. The van der Waals surface area contributed by atoms with Gasteiger partial charge in [0.15, 0.2) is 0 Å². The molecule has 0 aliphatic carbocycles. The Kier molecular flexibility index (Phi) is 4.52. The molecule has 1 aliphatic heterocycles. The second-order valence-corrected chi connectivity index (χ2v) is 4.05. The van der Waals surface area contributed by atoms with Gasteiger partial charge >= 0.3 is 6.09 Å². The molecule has 0 aromatic rings. The van der Waals surface area contributed by atoms with Crippen molar-refractivity contribution in [3.05, 3.63) is 0 Å². The average molecular weight is 251 g/mol. The van der Waals surface area contributed by atoms with E-state index in [4.69, 9.17) is 4.74 Å². The Morgan fingerprint density at radius 3 is 2.77 bits per heavy atom. The van der Waals surface area contributed by atoms with Crippen molar-refractivity contribution in [1.29, 1.82) is 0 Å². The lowest BCUT2D eigenvalue weighted by molar-refractivity contribution is 0.144. The van der Waals surface area contributed by atoms with Gasteiger partial charge in [-0.3, -0.25) is 0 Å². The summed E-state index contributed by atoms with van der Waals surface area (Å²) < 4.78 is 6.88. The molecule has 1 aliphatic rings. The molecule has 1 saturated heterocycles. The maximum atomic E-state index is 11.0. The standard InChI is InChI=1S/C8H15BrN2O2/c1-2-13-8(12)10-7-3-5-11(9)6-4-7/h7H,2-6H2,1H3,(H,10,12). The summed E-state index contributed by atoms with van der Waals surface area (Å²) in [5, 5.41) is 2.83. The Bertz CT molecular complexity index is 170. The summed E-state index contributed by atoms with van der Waals surface area (Å²) in [6, 6.07) is 0.271. The number of hydrogen-bond donors (Lipinski definition) is 1. The van der Waals surface area contributed by atoms with E-state index in [9.17, 15) is 4.79 Å². The second kappa shape index (κ2) is 5.44. The van der Waals surface area contributed by atoms with Gasteiger partial charge in [-0.25, -0.2) is 8.72 Å². The largest absolute Gasteiger partial charge is 0.450 e. The van der Waals surface area contributed by atoms with Gasteiger partial charge in [-0.2, -0.15) is 0 Å². The fraction of sp³-hybridized carbons (Fsp3) is 0.875. The number of amides is 1. The van der Waals surface area contributed by atoms with Gasteiger partial charge in [0.05, 0.1) is 6.61 Å². The lowest BCUT2D eigenvalue weighted by Crippen LogP contribution is -2.42. The number of carbonyl (C=O) groups excluding carboxylic acids is 1. The van der Waals surface area contributed by atoms with E-state index in [0.29, 0.717) is 6.61 Å². The van der Waals surface area contributed by atoms with Crippen LogP contribution in [0.5, 0.6) is 0 Å². The predicted molar refractivity (Wildman–Crippen MR) is 53.7 cm³/mol. The minimum Gasteiger partial charge on any atom is -0.450 e. The highest BCUT2D eigenvalue weighted by atomic mass is 79.9. The van der Waals surface area contributed by atoms with Gasteiger partial charge in [-0.1, -0.05) is 0 Å². The van der Waals surface area contributed by atoms with Gasteiger partial charge in [0.25, 0.3) is 0 Å². The lowest BCUT2D eigenvalue weighted by Gasteiger charge is -2.27. The van der Waals surface area contributed by atoms with E-state index in [2.05, 4.69) is 25.4 Å². The first-order chi connectivity index (χ1) is 6.22. The van der Waals surface area contributed by atoms with Crippen LogP contribution in [0.15, 0.2) is 0 Å². The van der Waals surface area contributed by atoms with Gasteiger partial charge in [0, 0.05) is 35.3 Å². The van der Waals surface area contributed by atoms with E-state index in [0.717, 1.165) is 25.9 Å². The van der Waals surface area contributed by atoms with Crippen molar-refractivity contribution >= 4 is 22.2 Å². The Labute approximate surface area is 87.0 Å². The van der Waals surface area contributed by atoms with Crippen LogP contribution in [0.3, 0.4) is 0 Å². The molecule has 1 amide bonds. The van der Waals surface area contributed by atoms with Crippen LogP contribution < -0.4 is 5.32 Å². The average Bonchev–Trinajstić information content (AvgIpc) is 2.09. The molecule has 0 radical (unpaired) electrons. The summed E-state index contributed by atoms with van der Waals surface area (Å²) in [6.07, 6.45) is 1.66. The Morgan fingerprint density at radius 2 is 2.23 bits per heavy atom. The van der Waals surface area contributed by atoms with Crippen molar-refractivity contribution < 1.29 is 9.53 Å². The molecule has 1 rings (SSSR count). The number of ether oxygens (including phenoxy) is 1. The zero-order valence-electron chi connectivity index (χ0n) is 7.75. The topological polar surface area (TPSA) is 41.6 Å². The van der Waals surface area contributed by atoms with E-state index in [1.54, 1.807) is 6.92 Å². The fourth-order valence-corrected chi connectivity index (χ4v) is 1.74. The van der Waals surface area contributed by atoms with Crippen LogP contribution in [-0.4, -0.2) is 35.8 Å². The van der Waals surface area contributed by atoms with Crippen LogP contribution in [0.1, 0.15) is 19.8 Å². The summed E-state index contributed by atoms with van der Waals surface area (Å²) in [5.41, 5.74) is 0. The van der Waals surface area contributed by atoms with Crippen LogP contribution in [-0.2, 0) is 4.74 Å². The van der Waals surface area contributed by atoms with Crippen LogP contribution in [0.25, 0.3) is 0 Å². The third-order valence-electron chi connectivity index (χ3n) is 2.04. The monoisotopic (exact) mass is 250 g/mol. The van der Waals surface area contributed by atoms with E-state index < -0.39 is 0 Å². The van der Waals surface area contributed by atoms with Crippen molar-refractivity contribution in [3.63, 3.8) is 0 Å². The van der Waals surface area contributed by atoms with Crippen LogP contribution in [0.2, 0.25) is 0 Å². The first kappa shape index (κ1) is 10.8. The molecule has 13 heavy (non-hydrogen) atoms. The van der Waals surface area contributed by atoms with Crippen LogP contribution >= 0.6 is 16.1 Å². The first-order valence-electron chi connectivity index (χ1n) is 4.56. The number of alkyl carbamates (subject to hydrolysis) is 1. The SMILES string of the molecule is CCOC(=O)NC1CCN(Br)CC1. The van der Waals surface area contributed by atoms with Crippen LogP contribution in [0.4, 0.5) is 4.79 Å². The lowest BCUT2D eigenvalue weighted by atomic mass is 10.1. The second-order valence-electron chi connectivity index (χ2n) is 3.05. The molecule has 4 nitrogen and oxygen atoms in total. The maximum absolute atomic E-state index is 11.0. The number of nitrogens with zero attached hydrogens (tertiary/aromatic N) is 1. The number of halogens is 1. The maximum Gasteiger partial charge on any atom is 0.407 e. The Morgan fingerprint density at radius 1 is 1.62 bits per heavy atom. The van der Waals surface area contributed by atoms with Gasteiger partial charge < -0.3 is 10.1 Å². The van der Waals surface area contributed by atoms with E-state index in [-0.39, 0.29) is 12.1 Å². The van der Waals surface area contributed by atoms with Crippen molar-refractivity contribution in [2.75, 3.05) is 19.7 Å². The molecule has 0 aromatic heterocycles. The Hall–Kier alpha value is -0.290. The summed E-state index contributed by atoms with van der Waals surface area (Å²) >= 11 is 3.40. The number of carbonyl (C=O) groups is 1. The zero-order valence-corrected chi connectivity index (χ0v) is 9.34. The highest BCUT2D eigenvalue weighted by molar-refractivity contribution is 9.07. The third kappa shape index (κ3) is 3.95. The van der Waals surface area contributed by atoms with E-state index in [1.165, 1.54) is 0 Å². The Balaban J connectivity index is 2.18. The quantitative estimate of drug-likeness (QED) is 0.756. The third-order valence-corrected chi connectivity index (χ3v) is 2.75. The molecule has 0 spiro atoms. The minimum absolute atomic E-state index is 0.271. The number of nitrogens with one attached hydrogen (secondary N) is 1. The summed E-state index contributed by atoms with van der Waals surface area (Å²) in [4.78, 5) is 11.0. The van der Waals surface area contributed by atoms with E-state index >= 15 is 0 Å². The fourth-order valence-electron chi connectivity index (χ4n) is 1.33. The normalized spacial score (nSPS) is 19.8. The zero-order chi connectivity index (χ0) is 9.68. The van der Waals surface area contributed by atoms with Gasteiger partial charge in [0.1, 0.15) is 0 Å². The molecule has 0 aromatic carbocycles. The van der Waals surface area contributed by atoms with Gasteiger partial charge in [-0.15, -0.1) is 0 Å². The number of hydrogen-bond acceptors (Lipinski definition) is 3. The predicted octanol–water partition coefficient (Wildman–Crippen LogP) is 1.51. The molecule has 0 atom stereocenters. The van der Waals surface area contributed by atoms with Crippen molar-refractivity contribution in [3.8, 4) is 0 Å². The molecule has 1 N–H and O–H groups in total. The van der Waals surface area contributed by atoms with Gasteiger partial charge in [0.2, 0.25) is 0 Å². The smallest absolute Gasteiger partial charge is 0.407 e. The number of piperidine rings is 1. The van der Waals surface area contributed by atoms with Crippen LogP contribution in [0, 0.1) is 0 Å².